The molecule has 0 saturated heterocycles. The first-order valence-electron chi connectivity index (χ1n) is 12.3. The lowest BCUT2D eigenvalue weighted by atomic mass is 10.1. The zero-order chi connectivity index (χ0) is 27.1. The minimum absolute atomic E-state index is 0.0161. The Morgan fingerprint density at radius 1 is 1.11 bits per heavy atom. The highest BCUT2D eigenvalue weighted by atomic mass is 35.5. The lowest BCUT2D eigenvalue weighted by Gasteiger charge is -2.14. The number of non-ortho nitro benzene ring substituents is 1. The Balaban J connectivity index is 1.62. The molecule has 0 saturated carbocycles. The molecule has 0 aliphatic carbocycles. The van der Waals surface area contributed by atoms with Crippen molar-refractivity contribution < 1.29 is 9.72 Å². The van der Waals surface area contributed by atoms with Crippen LogP contribution < -0.4 is 10.9 Å². The van der Waals surface area contributed by atoms with Gasteiger partial charge in [0.05, 0.1) is 15.8 Å². The molecule has 196 valence electrons. The van der Waals surface area contributed by atoms with Gasteiger partial charge in [0, 0.05) is 41.6 Å². The van der Waals surface area contributed by atoms with Gasteiger partial charge in [0.25, 0.3) is 17.2 Å². The summed E-state index contributed by atoms with van der Waals surface area (Å²) < 4.78 is 1.66. The zero-order valence-corrected chi connectivity index (χ0v) is 22.4. The third kappa shape index (κ3) is 6.59. The van der Waals surface area contributed by atoms with Crippen LogP contribution in [0.25, 0.3) is 10.9 Å². The molecule has 1 aromatic heterocycles. The number of benzene rings is 3. The zero-order valence-electron chi connectivity index (χ0n) is 20.9. The van der Waals surface area contributed by atoms with Gasteiger partial charge in [-0.05, 0) is 41.8 Å². The summed E-state index contributed by atoms with van der Waals surface area (Å²) in [6.45, 7) is 2.89. The molecule has 0 radical (unpaired) electrons. The Hall–Kier alpha value is -3.69. The van der Waals surface area contributed by atoms with E-state index in [0.29, 0.717) is 38.9 Å². The van der Waals surface area contributed by atoms with E-state index in [9.17, 15) is 19.7 Å². The molecule has 0 unspecified atom stereocenters. The van der Waals surface area contributed by atoms with Gasteiger partial charge >= 0.3 is 0 Å². The molecular weight excluding hydrogens is 524 g/mol. The van der Waals surface area contributed by atoms with E-state index in [1.54, 1.807) is 34.9 Å². The monoisotopic (exact) mass is 550 g/mol. The molecule has 0 spiro atoms. The average molecular weight is 551 g/mol. The Labute approximate surface area is 229 Å². The van der Waals surface area contributed by atoms with Crippen LogP contribution >= 0.6 is 23.4 Å². The summed E-state index contributed by atoms with van der Waals surface area (Å²) in [7, 11) is 0. The molecule has 1 amide bonds. The third-order valence-electron chi connectivity index (χ3n) is 6.05. The molecule has 10 heteroatoms. The van der Waals surface area contributed by atoms with Gasteiger partial charge in [0.15, 0.2) is 5.16 Å². The smallest absolute Gasteiger partial charge is 0.269 e. The van der Waals surface area contributed by atoms with Crippen molar-refractivity contribution in [1.29, 1.82) is 0 Å². The van der Waals surface area contributed by atoms with Crippen LogP contribution in [0.1, 0.15) is 47.7 Å². The highest BCUT2D eigenvalue weighted by molar-refractivity contribution is 7.98. The number of nitro benzene ring substituents is 1. The number of hydrogen-bond acceptors (Lipinski definition) is 6. The van der Waals surface area contributed by atoms with Gasteiger partial charge in [-0.2, -0.15) is 0 Å². The number of amides is 1. The molecular formula is C28H27ClN4O4S. The van der Waals surface area contributed by atoms with E-state index in [1.807, 2.05) is 24.3 Å². The molecule has 8 nitrogen and oxygen atoms in total. The molecule has 4 aromatic rings. The van der Waals surface area contributed by atoms with Crippen LogP contribution in [-0.2, 0) is 18.8 Å². The highest BCUT2D eigenvalue weighted by Gasteiger charge is 2.15. The van der Waals surface area contributed by atoms with Crippen molar-refractivity contribution in [1.82, 2.24) is 14.9 Å². The van der Waals surface area contributed by atoms with E-state index < -0.39 is 4.92 Å². The van der Waals surface area contributed by atoms with E-state index in [1.165, 1.54) is 23.9 Å². The molecule has 0 atom stereocenters. The van der Waals surface area contributed by atoms with Crippen molar-refractivity contribution in [2.45, 2.75) is 50.2 Å². The van der Waals surface area contributed by atoms with Gasteiger partial charge in [-0.15, -0.1) is 0 Å². The van der Waals surface area contributed by atoms with Crippen LogP contribution in [0.3, 0.4) is 0 Å². The number of halogens is 1. The predicted octanol–water partition coefficient (Wildman–Crippen LogP) is 6.37. The predicted molar refractivity (Wildman–Crippen MR) is 151 cm³/mol. The fraction of sp³-hybridized carbons (Fsp3) is 0.250. The van der Waals surface area contributed by atoms with Crippen LogP contribution in [0.15, 0.2) is 76.7 Å². The molecule has 0 aliphatic rings. The molecule has 3 aromatic carbocycles. The largest absolute Gasteiger partial charge is 0.348 e. The van der Waals surface area contributed by atoms with Gasteiger partial charge in [-0.25, -0.2) is 4.98 Å². The number of nitrogens with zero attached hydrogens (tertiary/aromatic N) is 3. The normalized spacial score (nSPS) is 11.0. The average Bonchev–Trinajstić information content (AvgIpc) is 2.92. The summed E-state index contributed by atoms with van der Waals surface area (Å²) in [6, 6.07) is 18.6. The van der Waals surface area contributed by atoms with Crippen molar-refractivity contribution in [3.63, 3.8) is 0 Å². The quantitative estimate of drug-likeness (QED) is 0.0764. The summed E-state index contributed by atoms with van der Waals surface area (Å²) in [5.41, 5.74) is 2.21. The lowest BCUT2D eigenvalue weighted by Crippen LogP contribution is -2.25. The fourth-order valence-electron chi connectivity index (χ4n) is 4.00. The number of nitrogens with one attached hydrogen (secondary N) is 1. The Bertz CT molecular complexity index is 1540. The lowest BCUT2D eigenvalue weighted by molar-refractivity contribution is -0.384. The number of nitro groups is 1. The van der Waals surface area contributed by atoms with Crippen molar-refractivity contribution in [3.8, 4) is 0 Å². The van der Waals surface area contributed by atoms with Crippen LogP contribution in [0.2, 0.25) is 5.02 Å². The second-order valence-electron chi connectivity index (χ2n) is 8.78. The molecule has 1 N–H and O–H groups in total. The maximum absolute atomic E-state index is 13.4. The van der Waals surface area contributed by atoms with Crippen molar-refractivity contribution >= 4 is 45.9 Å². The first-order chi connectivity index (χ1) is 18.4. The molecule has 0 fully saturated rings. The molecule has 38 heavy (non-hydrogen) atoms. The standard InChI is InChI=1S/C28H27ClN4O4S/c1-2-3-6-14-32-27(35)23-13-12-20(26(34)30-17-21-9-4-5-11-24(21)29)16-25(23)31-28(32)38-18-19-8-7-10-22(15-19)33(36)37/h4-5,7-13,15-16H,2-3,6,14,17-18H2,1H3,(H,30,34). The van der Waals surface area contributed by atoms with Gasteiger partial charge in [0.2, 0.25) is 0 Å². The first-order valence-corrected chi connectivity index (χ1v) is 13.7. The summed E-state index contributed by atoms with van der Waals surface area (Å²) in [5.74, 6) is 0.109. The van der Waals surface area contributed by atoms with Crippen LogP contribution in [0, 0.1) is 10.1 Å². The first kappa shape index (κ1) is 27.3. The van der Waals surface area contributed by atoms with Crippen molar-refractivity contribution in [2.24, 2.45) is 0 Å². The third-order valence-corrected chi connectivity index (χ3v) is 7.47. The van der Waals surface area contributed by atoms with E-state index in [0.717, 1.165) is 30.4 Å². The number of unbranched alkanes of at least 4 members (excludes halogenated alkanes) is 2. The van der Waals surface area contributed by atoms with E-state index in [-0.39, 0.29) is 23.7 Å². The molecule has 0 aliphatic heterocycles. The second-order valence-corrected chi connectivity index (χ2v) is 10.1. The minimum Gasteiger partial charge on any atom is -0.348 e. The van der Waals surface area contributed by atoms with Crippen LogP contribution in [0.5, 0.6) is 0 Å². The number of aromatic nitrogens is 2. The SMILES string of the molecule is CCCCCn1c(SCc2cccc([N+](=O)[O-])c2)nc2cc(C(=O)NCc3ccccc3Cl)ccc2c1=O. The number of fused-ring (bicyclic) bond motifs is 1. The van der Waals surface area contributed by atoms with E-state index in [2.05, 4.69) is 12.2 Å². The van der Waals surface area contributed by atoms with Gasteiger partial charge < -0.3 is 5.32 Å². The maximum atomic E-state index is 13.4. The van der Waals surface area contributed by atoms with Crippen LogP contribution in [0.4, 0.5) is 5.69 Å². The summed E-state index contributed by atoms with van der Waals surface area (Å²) in [6.07, 6.45) is 2.82. The molecule has 4 rings (SSSR count). The van der Waals surface area contributed by atoms with E-state index in [4.69, 9.17) is 16.6 Å². The fourth-order valence-corrected chi connectivity index (χ4v) is 5.17. The van der Waals surface area contributed by atoms with Crippen LogP contribution in [-0.4, -0.2) is 20.4 Å². The minimum atomic E-state index is -0.429. The van der Waals surface area contributed by atoms with E-state index >= 15 is 0 Å². The number of rotatable bonds is 11. The van der Waals surface area contributed by atoms with Gasteiger partial charge in [-0.1, -0.05) is 73.5 Å². The number of thioether (sulfide) groups is 1. The highest BCUT2D eigenvalue weighted by Crippen LogP contribution is 2.25. The maximum Gasteiger partial charge on any atom is 0.269 e. The Kier molecular flexibility index (Phi) is 9.15. The Morgan fingerprint density at radius 3 is 2.68 bits per heavy atom. The molecule has 0 bridgehead atoms. The van der Waals surface area contributed by atoms with Gasteiger partial charge in [0.1, 0.15) is 0 Å². The van der Waals surface area contributed by atoms with Crippen molar-refractivity contribution in [2.75, 3.05) is 0 Å². The van der Waals surface area contributed by atoms with Gasteiger partial charge in [-0.3, -0.25) is 24.3 Å². The Morgan fingerprint density at radius 2 is 1.92 bits per heavy atom. The summed E-state index contributed by atoms with van der Waals surface area (Å²) >= 11 is 7.54. The number of carbonyl (C=O) groups is 1. The number of carbonyl (C=O) groups excluding carboxylic acids is 1. The second kappa shape index (κ2) is 12.7. The summed E-state index contributed by atoms with van der Waals surface area (Å²) in [5, 5.41) is 15.5. The van der Waals surface area contributed by atoms with Crippen molar-refractivity contribution in [3.05, 3.63) is 109 Å². The molecule has 1 heterocycles. The summed E-state index contributed by atoms with van der Waals surface area (Å²) in [4.78, 5) is 41.8. The number of hydrogen-bond donors (Lipinski definition) is 1. The topological polar surface area (TPSA) is 107 Å².